The van der Waals surface area contributed by atoms with Crippen molar-refractivity contribution in [2.24, 2.45) is 0 Å². The fraction of sp³-hybridized carbons (Fsp3) is 0.176. The zero-order valence-electron chi connectivity index (χ0n) is 13.3. The van der Waals surface area contributed by atoms with Crippen molar-refractivity contribution in [3.05, 3.63) is 59.2 Å². The second kappa shape index (κ2) is 6.21. The monoisotopic (exact) mass is 361 g/mol. The van der Waals surface area contributed by atoms with Crippen LogP contribution >= 0.6 is 0 Å². The summed E-state index contributed by atoms with van der Waals surface area (Å²) < 4.78 is 30.4. The summed E-state index contributed by atoms with van der Waals surface area (Å²) in [6, 6.07) is 10.4. The van der Waals surface area contributed by atoms with E-state index in [1.165, 1.54) is 30.3 Å². The van der Waals surface area contributed by atoms with Crippen LogP contribution in [0.5, 0.6) is 5.75 Å². The number of nitrogens with zero attached hydrogens (tertiary/aromatic N) is 1. The molecular weight excluding hydrogens is 346 g/mol. The van der Waals surface area contributed by atoms with E-state index in [9.17, 15) is 23.1 Å². The minimum atomic E-state index is -3.93. The van der Waals surface area contributed by atoms with E-state index in [2.05, 4.69) is 0 Å². The lowest BCUT2D eigenvalue weighted by atomic mass is 10.1. The summed E-state index contributed by atoms with van der Waals surface area (Å²) >= 11 is 0. The van der Waals surface area contributed by atoms with Gasteiger partial charge in [0.05, 0.1) is 12.1 Å². The van der Waals surface area contributed by atoms with E-state index in [-0.39, 0.29) is 34.9 Å². The van der Waals surface area contributed by atoms with E-state index < -0.39 is 21.9 Å². The Hall–Kier alpha value is -2.87. The zero-order chi connectivity index (χ0) is 18.2. The Bertz CT molecular complexity index is 967. The van der Waals surface area contributed by atoms with Crippen LogP contribution in [0.2, 0.25) is 0 Å². The summed E-state index contributed by atoms with van der Waals surface area (Å²) in [5.74, 6) is -1.66. The maximum Gasteiger partial charge on any atom is 0.341 e. The van der Waals surface area contributed by atoms with Gasteiger partial charge in [0.1, 0.15) is 22.8 Å². The third-order valence-electron chi connectivity index (χ3n) is 3.81. The molecule has 0 aliphatic carbocycles. The molecule has 0 bridgehead atoms. The van der Waals surface area contributed by atoms with Crippen molar-refractivity contribution in [1.82, 2.24) is 4.31 Å². The number of hydrogen-bond acceptors (Lipinski definition) is 6. The Labute approximate surface area is 144 Å². The summed E-state index contributed by atoms with van der Waals surface area (Å²) in [6.45, 7) is 1.15. The fourth-order valence-electron chi connectivity index (χ4n) is 2.57. The number of esters is 1. The number of sulfonamides is 1. The quantitative estimate of drug-likeness (QED) is 0.832. The highest BCUT2D eigenvalue weighted by Gasteiger charge is 2.40. The van der Waals surface area contributed by atoms with Gasteiger partial charge < -0.3 is 9.84 Å². The predicted octanol–water partition coefficient (Wildman–Crippen LogP) is 1.70. The second-order valence-electron chi connectivity index (χ2n) is 5.54. The lowest BCUT2D eigenvalue weighted by Gasteiger charge is -2.15. The lowest BCUT2D eigenvalue weighted by molar-refractivity contribution is 0.0474. The van der Waals surface area contributed by atoms with Gasteiger partial charge in [0, 0.05) is 0 Å². The molecule has 1 amide bonds. The van der Waals surface area contributed by atoms with Crippen molar-refractivity contribution in [2.75, 3.05) is 13.2 Å². The minimum Gasteiger partial charge on any atom is -0.507 e. The van der Waals surface area contributed by atoms with Crippen molar-refractivity contribution < 1.29 is 27.9 Å². The number of hydrogen-bond donors (Lipinski definition) is 1. The lowest BCUT2D eigenvalue weighted by Crippen LogP contribution is -2.33. The molecule has 0 fully saturated rings. The van der Waals surface area contributed by atoms with Gasteiger partial charge in [0.25, 0.3) is 15.9 Å². The topological polar surface area (TPSA) is 101 Å². The van der Waals surface area contributed by atoms with Crippen LogP contribution in [-0.4, -0.2) is 42.9 Å². The van der Waals surface area contributed by atoms with E-state index >= 15 is 0 Å². The number of rotatable bonds is 4. The van der Waals surface area contributed by atoms with E-state index in [0.717, 1.165) is 5.56 Å². The Morgan fingerprint density at radius 2 is 1.92 bits per heavy atom. The summed E-state index contributed by atoms with van der Waals surface area (Å²) in [7, 11) is -3.93. The van der Waals surface area contributed by atoms with Crippen molar-refractivity contribution >= 4 is 21.9 Å². The highest BCUT2D eigenvalue weighted by atomic mass is 32.2. The molecule has 0 atom stereocenters. The van der Waals surface area contributed by atoms with Gasteiger partial charge in [-0.2, -0.15) is 0 Å². The average Bonchev–Trinajstić information content (AvgIpc) is 2.76. The molecule has 0 spiro atoms. The van der Waals surface area contributed by atoms with Crippen LogP contribution in [0.4, 0.5) is 0 Å². The second-order valence-corrected chi connectivity index (χ2v) is 7.37. The minimum absolute atomic E-state index is 0.0236. The van der Waals surface area contributed by atoms with Crippen LogP contribution in [-0.2, 0) is 14.8 Å². The molecule has 3 rings (SSSR count). The largest absolute Gasteiger partial charge is 0.507 e. The molecule has 1 aliphatic rings. The maximum atomic E-state index is 12.4. The van der Waals surface area contributed by atoms with E-state index in [0.29, 0.717) is 4.31 Å². The number of carbonyl (C=O) groups excluding carboxylic acids is 2. The molecule has 0 saturated heterocycles. The van der Waals surface area contributed by atoms with Crippen LogP contribution in [0, 0.1) is 6.92 Å². The third-order valence-corrected chi connectivity index (χ3v) is 5.65. The van der Waals surface area contributed by atoms with Gasteiger partial charge in [-0.25, -0.2) is 17.5 Å². The molecule has 1 aliphatic heterocycles. The number of phenolic OH excluding ortho intramolecular Hbond substituents is 1. The number of phenols is 1. The number of ether oxygens (including phenoxy) is 1. The Balaban J connectivity index is 1.69. The van der Waals surface area contributed by atoms with Crippen LogP contribution in [0.1, 0.15) is 26.3 Å². The number of fused-ring (bicyclic) bond motifs is 1. The molecule has 2 aromatic rings. The van der Waals surface area contributed by atoms with Crippen molar-refractivity contribution in [1.29, 1.82) is 0 Å². The first kappa shape index (κ1) is 17.0. The molecule has 0 aromatic heterocycles. The van der Waals surface area contributed by atoms with Crippen molar-refractivity contribution in [3.8, 4) is 5.75 Å². The Kier molecular flexibility index (Phi) is 4.22. The fourth-order valence-corrected chi connectivity index (χ4v) is 4.12. The maximum absolute atomic E-state index is 12.4. The molecule has 7 nitrogen and oxygen atoms in total. The van der Waals surface area contributed by atoms with Gasteiger partial charge in [-0.3, -0.25) is 4.79 Å². The Morgan fingerprint density at radius 1 is 1.20 bits per heavy atom. The first-order chi connectivity index (χ1) is 11.8. The summed E-state index contributed by atoms with van der Waals surface area (Å²) in [5, 5.41) is 9.75. The molecule has 1 heterocycles. The number of amides is 1. The van der Waals surface area contributed by atoms with Gasteiger partial charge in [0.2, 0.25) is 0 Å². The standard InChI is InChI=1S/C17H15NO6S/c1-11-6-7-12(14(19)10-11)17(21)24-9-8-18-16(20)13-4-2-3-5-15(13)25(18,22)23/h2-7,10,19H,8-9H2,1H3. The number of aromatic hydroxyl groups is 1. The molecular formula is C17H15NO6S. The summed E-state index contributed by atoms with van der Waals surface area (Å²) in [6.07, 6.45) is 0. The predicted molar refractivity (Wildman–Crippen MR) is 87.8 cm³/mol. The highest BCUT2D eigenvalue weighted by molar-refractivity contribution is 7.90. The normalized spacial score (nSPS) is 15.1. The average molecular weight is 361 g/mol. The van der Waals surface area contributed by atoms with Crippen molar-refractivity contribution in [3.63, 3.8) is 0 Å². The molecule has 130 valence electrons. The van der Waals surface area contributed by atoms with E-state index in [4.69, 9.17) is 4.74 Å². The summed E-state index contributed by atoms with van der Waals surface area (Å²) in [5.41, 5.74) is 0.857. The van der Waals surface area contributed by atoms with Crippen LogP contribution in [0.3, 0.4) is 0 Å². The number of carbonyl (C=O) groups is 2. The Morgan fingerprint density at radius 3 is 2.60 bits per heavy atom. The van der Waals surface area contributed by atoms with Gasteiger partial charge in [0.15, 0.2) is 0 Å². The molecule has 1 N–H and O–H groups in total. The number of benzene rings is 2. The van der Waals surface area contributed by atoms with Gasteiger partial charge >= 0.3 is 5.97 Å². The third kappa shape index (κ3) is 2.96. The molecule has 0 radical (unpaired) electrons. The van der Waals surface area contributed by atoms with Crippen molar-refractivity contribution in [2.45, 2.75) is 11.8 Å². The van der Waals surface area contributed by atoms with Gasteiger partial charge in [-0.15, -0.1) is 0 Å². The van der Waals surface area contributed by atoms with Crippen LogP contribution in [0.25, 0.3) is 0 Å². The molecule has 0 saturated carbocycles. The van der Waals surface area contributed by atoms with Gasteiger partial charge in [-0.1, -0.05) is 18.2 Å². The first-order valence-corrected chi connectivity index (χ1v) is 8.89. The van der Waals surface area contributed by atoms with E-state index in [1.54, 1.807) is 19.1 Å². The van der Waals surface area contributed by atoms with E-state index in [1.807, 2.05) is 0 Å². The highest BCUT2D eigenvalue weighted by Crippen LogP contribution is 2.29. The first-order valence-electron chi connectivity index (χ1n) is 7.45. The smallest absolute Gasteiger partial charge is 0.341 e. The number of aryl methyl sites for hydroxylation is 1. The molecule has 25 heavy (non-hydrogen) atoms. The molecule has 0 unspecified atom stereocenters. The van der Waals surface area contributed by atoms with Crippen LogP contribution < -0.4 is 0 Å². The summed E-state index contributed by atoms with van der Waals surface area (Å²) in [4.78, 5) is 24.1. The molecule has 8 heteroatoms. The molecule has 2 aromatic carbocycles. The zero-order valence-corrected chi connectivity index (χ0v) is 14.1. The van der Waals surface area contributed by atoms with Crippen LogP contribution in [0.15, 0.2) is 47.4 Å². The SMILES string of the molecule is Cc1ccc(C(=O)OCCN2C(=O)c3ccccc3S2(=O)=O)c(O)c1. The van der Waals surface area contributed by atoms with Gasteiger partial charge in [-0.05, 0) is 36.8 Å².